The van der Waals surface area contributed by atoms with Crippen LogP contribution in [0.4, 0.5) is 4.39 Å². The van der Waals surface area contributed by atoms with Gasteiger partial charge >= 0.3 is 5.97 Å². The smallest absolute Gasteiger partial charge is 0.314 e. The van der Waals surface area contributed by atoms with Gasteiger partial charge in [-0.05, 0) is 112 Å². The van der Waals surface area contributed by atoms with Gasteiger partial charge in [-0.2, -0.15) is 0 Å². The van der Waals surface area contributed by atoms with Crippen LogP contribution in [0.25, 0.3) is 0 Å². The molecule has 30 heavy (non-hydrogen) atoms. The summed E-state index contributed by atoms with van der Waals surface area (Å²) >= 11 is 0. The maximum Gasteiger partial charge on any atom is 0.314 e. The van der Waals surface area contributed by atoms with Gasteiger partial charge in [0.15, 0.2) is 11.6 Å². The molecule has 0 N–H and O–H groups in total. The lowest BCUT2D eigenvalue weighted by Crippen LogP contribution is -2.35. The van der Waals surface area contributed by atoms with Gasteiger partial charge < -0.3 is 4.74 Å². The lowest BCUT2D eigenvalue weighted by molar-refractivity contribution is -0.140. The average molecular weight is 415 g/mol. The van der Waals surface area contributed by atoms with Gasteiger partial charge in [-0.3, -0.25) is 4.79 Å². The minimum Gasteiger partial charge on any atom is -0.423 e. The van der Waals surface area contributed by atoms with Crippen molar-refractivity contribution in [2.75, 3.05) is 0 Å². The molecule has 0 radical (unpaired) electrons. The molecule has 0 spiro atoms. The van der Waals surface area contributed by atoms with Gasteiger partial charge in [-0.1, -0.05) is 32.3 Å². The number of aryl methyl sites for hydroxylation is 1. The molecule has 166 valence electrons. The van der Waals surface area contributed by atoms with Gasteiger partial charge in [-0.25, -0.2) is 4.39 Å². The van der Waals surface area contributed by atoms with Crippen LogP contribution in [-0.2, 0) is 4.79 Å². The average Bonchev–Trinajstić information content (AvgIpc) is 2.75. The molecule has 0 aromatic heterocycles. The molecule has 0 saturated heterocycles. The van der Waals surface area contributed by atoms with E-state index in [1.807, 2.05) is 6.92 Å². The third-order valence-corrected chi connectivity index (χ3v) is 8.53. The van der Waals surface area contributed by atoms with E-state index in [2.05, 4.69) is 6.92 Å². The SMILES string of the molecule is CCCC1CCC2CC(C3CCC(C(=O)Oc4ccc(C)cc4F)CC3)CCC2C1. The quantitative estimate of drug-likeness (QED) is 0.369. The number of carbonyl (C=O) groups is 1. The normalized spacial score (nSPS) is 34.2. The first-order chi connectivity index (χ1) is 14.5. The van der Waals surface area contributed by atoms with Gasteiger partial charge in [0, 0.05) is 0 Å². The molecule has 4 unspecified atom stereocenters. The molecule has 1 aromatic carbocycles. The van der Waals surface area contributed by atoms with E-state index in [1.54, 1.807) is 12.1 Å². The first kappa shape index (κ1) is 21.8. The number of carbonyl (C=O) groups excluding carboxylic acids is 1. The molecule has 3 aliphatic rings. The summed E-state index contributed by atoms with van der Waals surface area (Å²) in [6.45, 7) is 4.16. The molecule has 0 amide bonds. The zero-order valence-corrected chi connectivity index (χ0v) is 18.9. The minimum atomic E-state index is -0.442. The first-order valence-electron chi connectivity index (χ1n) is 12.5. The van der Waals surface area contributed by atoms with Crippen molar-refractivity contribution in [3.05, 3.63) is 29.6 Å². The number of halogens is 1. The van der Waals surface area contributed by atoms with Crippen molar-refractivity contribution < 1.29 is 13.9 Å². The fraction of sp³-hybridized carbons (Fsp3) is 0.741. The maximum atomic E-state index is 14.0. The van der Waals surface area contributed by atoms with Gasteiger partial charge in [0.05, 0.1) is 5.92 Å². The maximum absolute atomic E-state index is 14.0. The fourth-order valence-corrected chi connectivity index (χ4v) is 6.83. The van der Waals surface area contributed by atoms with Crippen LogP contribution in [0, 0.1) is 48.2 Å². The zero-order chi connectivity index (χ0) is 21.1. The van der Waals surface area contributed by atoms with E-state index in [0.29, 0.717) is 0 Å². The summed E-state index contributed by atoms with van der Waals surface area (Å²) in [4.78, 5) is 12.6. The number of ether oxygens (including phenoxy) is 1. The molecule has 4 atom stereocenters. The number of esters is 1. The highest BCUT2D eigenvalue weighted by atomic mass is 19.1. The van der Waals surface area contributed by atoms with E-state index < -0.39 is 5.82 Å². The van der Waals surface area contributed by atoms with Crippen LogP contribution < -0.4 is 4.74 Å². The number of rotatable bonds is 5. The molecule has 1 aromatic rings. The van der Waals surface area contributed by atoms with Crippen LogP contribution in [0.3, 0.4) is 0 Å². The molecule has 3 heteroatoms. The van der Waals surface area contributed by atoms with E-state index in [9.17, 15) is 9.18 Å². The highest BCUT2D eigenvalue weighted by Gasteiger charge is 2.39. The van der Waals surface area contributed by atoms with Crippen molar-refractivity contribution in [1.29, 1.82) is 0 Å². The van der Waals surface area contributed by atoms with Crippen molar-refractivity contribution in [3.8, 4) is 5.75 Å². The van der Waals surface area contributed by atoms with Crippen LogP contribution >= 0.6 is 0 Å². The van der Waals surface area contributed by atoms with E-state index in [1.165, 1.54) is 57.4 Å². The summed E-state index contributed by atoms with van der Waals surface area (Å²) in [5.74, 6) is 3.91. The van der Waals surface area contributed by atoms with Crippen LogP contribution in [0.5, 0.6) is 5.75 Å². The Bertz CT molecular complexity index is 722. The number of benzene rings is 1. The Balaban J connectivity index is 1.24. The van der Waals surface area contributed by atoms with Gasteiger partial charge in [0.2, 0.25) is 0 Å². The summed E-state index contributed by atoms with van der Waals surface area (Å²) in [5.41, 5.74) is 0.835. The highest BCUT2D eigenvalue weighted by Crippen LogP contribution is 2.49. The summed E-state index contributed by atoms with van der Waals surface area (Å²) in [7, 11) is 0. The van der Waals surface area contributed by atoms with Crippen molar-refractivity contribution in [3.63, 3.8) is 0 Å². The third-order valence-electron chi connectivity index (χ3n) is 8.53. The van der Waals surface area contributed by atoms with E-state index in [0.717, 1.165) is 60.8 Å². The Morgan fingerprint density at radius 3 is 2.27 bits per heavy atom. The molecular weight excluding hydrogens is 375 g/mol. The number of hydrogen-bond acceptors (Lipinski definition) is 2. The molecule has 0 aliphatic heterocycles. The second kappa shape index (κ2) is 9.83. The Kier molecular flexibility index (Phi) is 7.16. The predicted octanol–water partition coefficient (Wildman–Crippen LogP) is 7.48. The predicted molar refractivity (Wildman–Crippen MR) is 119 cm³/mol. The van der Waals surface area contributed by atoms with Crippen LogP contribution in [0.2, 0.25) is 0 Å². The summed E-state index contributed by atoms with van der Waals surface area (Å²) in [5, 5.41) is 0. The molecule has 0 heterocycles. The summed E-state index contributed by atoms with van der Waals surface area (Å²) in [6.07, 6.45) is 15.5. The van der Waals surface area contributed by atoms with Crippen LogP contribution in [0.1, 0.15) is 89.5 Å². The van der Waals surface area contributed by atoms with Crippen LogP contribution in [-0.4, -0.2) is 5.97 Å². The number of fused-ring (bicyclic) bond motifs is 1. The lowest BCUT2D eigenvalue weighted by Gasteiger charge is -2.45. The van der Waals surface area contributed by atoms with Crippen molar-refractivity contribution in [2.45, 2.75) is 90.9 Å². The lowest BCUT2D eigenvalue weighted by atomic mass is 9.60. The molecule has 3 saturated carbocycles. The second-order valence-corrected chi connectivity index (χ2v) is 10.5. The van der Waals surface area contributed by atoms with Crippen molar-refractivity contribution >= 4 is 5.97 Å². The number of hydrogen-bond donors (Lipinski definition) is 0. The summed E-state index contributed by atoms with van der Waals surface area (Å²) in [6, 6.07) is 4.78. The molecule has 4 rings (SSSR count). The first-order valence-corrected chi connectivity index (χ1v) is 12.5. The third kappa shape index (κ3) is 5.08. The van der Waals surface area contributed by atoms with Gasteiger partial charge in [0.25, 0.3) is 0 Å². The summed E-state index contributed by atoms with van der Waals surface area (Å²) < 4.78 is 19.4. The zero-order valence-electron chi connectivity index (χ0n) is 18.9. The Morgan fingerprint density at radius 1 is 0.933 bits per heavy atom. The van der Waals surface area contributed by atoms with Crippen molar-refractivity contribution in [1.82, 2.24) is 0 Å². The molecule has 3 fully saturated rings. The Labute approximate surface area is 182 Å². The van der Waals surface area contributed by atoms with Gasteiger partial charge in [0.1, 0.15) is 0 Å². The topological polar surface area (TPSA) is 26.3 Å². The monoisotopic (exact) mass is 414 g/mol. The molecule has 2 nitrogen and oxygen atoms in total. The van der Waals surface area contributed by atoms with E-state index >= 15 is 0 Å². The van der Waals surface area contributed by atoms with E-state index in [4.69, 9.17) is 4.74 Å². The molecule has 3 aliphatic carbocycles. The molecular formula is C27H39FO2. The minimum absolute atomic E-state index is 0.0669. The Hall–Kier alpha value is -1.38. The van der Waals surface area contributed by atoms with Crippen molar-refractivity contribution in [2.24, 2.45) is 35.5 Å². The second-order valence-electron chi connectivity index (χ2n) is 10.5. The highest BCUT2D eigenvalue weighted by molar-refractivity contribution is 5.75. The fourth-order valence-electron chi connectivity index (χ4n) is 6.83. The van der Waals surface area contributed by atoms with E-state index in [-0.39, 0.29) is 17.6 Å². The standard InChI is InChI=1S/C27H39FO2/c1-3-4-19-6-7-24-17-23(13-12-22(24)16-19)20-8-10-21(11-9-20)27(29)30-26-14-5-18(2)15-25(26)28/h5,14-15,19-24H,3-4,6-13,16-17H2,1-2H3. The largest absolute Gasteiger partial charge is 0.423 e. The Morgan fingerprint density at radius 2 is 1.57 bits per heavy atom. The molecule has 0 bridgehead atoms. The van der Waals surface area contributed by atoms with Gasteiger partial charge in [-0.15, -0.1) is 0 Å². The van der Waals surface area contributed by atoms with Crippen LogP contribution in [0.15, 0.2) is 18.2 Å².